The SMILES string of the molecule is Cc1cn(N=Cc2cc(Cl)ccc2OCC#N)c(N)n1. The summed E-state index contributed by atoms with van der Waals surface area (Å²) in [5, 5.41) is 13.3. The number of imidazole rings is 1. The lowest BCUT2D eigenvalue weighted by Crippen LogP contribution is -2.00. The third-order valence-corrected chi connectivity index (χ3v) is 2.66. The molecule has 0 bridgehead atoms. The van der Waals surface area contributed by atoms with Crippen molar-refractivity contribution in [3.63, 3.8) is 0 Å². The van der Waals surface area contributed by atoms with Crippen molar-refractivity contribution in [2.75, 3.05) is 12.3 Å². The van der Waals surface area contributed by atoms with E-state index in [2.05, 4.69) is 10.1 Å². The molecule has 1 aromatic carbocycles. The Balaban J connectivity index is 2.30. The summed E-state index contributed by atoms with van der Waals surface area (Å²) in [7, 11) is 0. The molecular formula is C13H12ClN5O. The van der Waals surface area contributed by atoms with Crippen LogP contribution in [0.15, 0.2) is 29.5 Å². The number of nitrogens with two attached hydrogens (primary N) is 1. The van der Waals surface area contributed by atoms with E-state index in [0.29, 0.717) is 22.3 Å². The van der Waals surface area contributed by atoms with Crippen LogP contribution in [0.4, 0.5) is 5.95 Å². The standard InChI is InChI=1S/C13H12ClN5O/c1-9-8-19(13(16)18-9)17-7-10-6-11(14)2-3-12(10)20-5-4-15/h2-3,6-8H,5H2,1H3,(H2,16,18). The second kappa shape index (κ2) is 6.08. The highest BCUT2D eigenvalue weighted by atomic mass is 35.5. The highest BCUT2D eigenvalue weighted by Crippen LogP contribution is 2.21. The van der Waals surface area contributed by atoms with Crippen LogP contribution < -0.4 is 10.5 Å². The summed E-state index contributed by atoms with van der Waals surface area (Å²) in [5.74, 6) is 0.815. The molecule has 7 heteroatoms. The van der Waals surface area contributed by atoms with Crippen molar-refractivity contribution in [2.45, 2.75) is 6.92 Å². The third-order valence-electron chi connectivity index (χ3n) is 2.42. The molecule has 6 nitrogen and oxygen atoms in total. The van der Waals surface area contributed by atoms with E-state index < -0.39 is 0 Å². The maximum absolute atomic E-state index is 8.56. The molecule has 1 aromatic heterocycles. The number of hydrogen-bond acceptors (Lipinski definition) is 5. The van der Waals surface area contributed by atoms with Gasteiger partial charge in [-0.05, 0) is 25.1 Å². The van der Waals surface area contributed by atoms with Crippen LogP contribution in [0, 0.1) is 18.3 Å². The number of hydrogen-bond donors (Lipinski definition) is 1. The number of aryl methyl sites for hydroxylation is 1. The molecule has 0 unspecified atom stereocenters. The summed E-state index contributed by atoms with van der Waals surface area (Å²) in [4.78, 5) is 4.04. The molecule has 20 heavy (non-hydrogen) atoms. The summed E-state index contributed by atoms with van der Waals surface area (Å²) in [6.45, 7) is 1.78. The van der Waals surface area contributed by atoms with Gasteiger partial charge < -0.3 is 10.5 Å². The number of nitrogens with zero attached hydrogens (tertiary/aromatic N) is 4. The molecule has 1 heterocycles. The van der Waals surface area contributed by atoms with E-state index in [1.165, 1.54) is 4.68 Å². The topological polar surface area (TPSA) is 89.2 Å². The van der Waals surface area contributed by atoms with E-state index in [9.17, 15) is 0 Å². The van der Waals surface area contributed by atoms with Crippen LogP contribution in [-0.2, 0) is 0 Å². The first kappa shape index (κ1) is 13.9. The Kier molecular flexibility index (Phi) is 4.23. The van der Waals surface area contributed by atoms with Gasteiger partial charge >= 0.3 is 0 Å². The van der Waals surface area contributed by atoms with Crippen molar-refractivity contribution < 1.29 is 4.74 Å². The van der Waals surface area contributed by atoms with Crippen LogP contribution in [0.3, 0.4) is 0 Å². The van der Waals surface area contributed by atoms with Crippen LogP contribution in [0.25, 0.3) is 0 Å². The van der Waals surface area contributed by atoms with Gasteiger partial charge in [-0.2, -0.15) is 10.4 Å². The number of ether oxygens (including phenoxy) is 1. The van der Waals surface area contributed by atoms with E-state index in [1.807, 2.05) is 13.0 Å². The molecule has 102 valence electrons. The third kappa shape index (κ3) is 3.28. The molecule has 2 rings (SSSR count). The van der Waals surface area contributed by atoms with Gasteiger partial charge in [-0.3, -0.25) is 0 Å². The van der Waals surface area contributed by atoms with Crippen molar-refractivity contribution in [1.82, 2.24) is 9.66 Å². The normalized spacial score (nSPS) is 10.7. The number of anilines is 1. The average Bonchev–Trinajstić information content (AvgIpc) is 2.73. The molecule has 0 fully saturated rings. The zero-order valence-corrected chi connectivity index (χ0v) is 11.5. The maximum Gasteiger partial charge on any atom is 0.221 e. The lowest BCUT2D eigenvalue weighted by atomic mass is 10.2. The van der Waals surface area contributed by atoms with E-state index in [0.717, 1.165) is 5.69 Å². The lowest BCUT2D eigenvalue weighted by molar-refractivity contribution is 0.367. The summed E-state index contributed by atoms with van der Waals surface area (Å²) < 4.78 is 6.75. The monoisotopic (exact) mass is 289 g/mol. The van der Waals surface area contributed by atoms with Gasteiger partial charge in [-0.15, -0.1) is 0 Å². The largest absolute Gasteiger partial charge is 0.478 e. The molecule has 0 atom stereocenters. The smallest absolute Gasteiger partial charge is 0.221 e. The zero-order valence-electron chi connectivity index (χ0n) is 10.7. The molecule has 2 N–H and O–H groups in total. The first-order chi connectivity index (χ1) is 9.60. The minimum atomic E-state index is -0.0468. The van der Waals surface area contributed by atoms with Crippen LogP contribution in [0.5, 0.6) is 5.75 Å². The van der Waals surface area contributed by atoms with Crippen LogP contribution in [0.2, 0.25) is 5.02 Å². The second-order valence-corrected chi connectivity index (χ2v) is 4.39. The first-order valence-electron chi connectivity index (χ1n) is 5.75. The van der Waals surface area contributed by atoms with E-state index in [4.69, 9.17) is 27.3 Å². The van der Waals surface area contributed by atoms with Crippen molar-refractivity contribution in [3.8, 4) is 11.8 Å². The van der Waals surface area contributed by atoms with Gasteiger partial charge in [0, 0.05) is 10.6 Å². The van der Waals surface area contributed by atoms with Gasteiger partial charge in [-0.1, -0.05) is 11.6 Å². The van der Waals surface area contributed by atoms with E-state index in [-0.39, 0.29) is 6.61 Å². The molecular weight excluding hydrogens is 278 g/mol. The highest BCUT2D eigenvalue weighted by molar-refractivity contribution is 6.30. The van der Waals surface area contributed by atoms with Crippen LogP contribution >= 0.6 is 11.6 Å². The fourth-order valence-electron chi connectivity index (χ4n) is 1.58. The van der Waals surface area contributed by atoms with Crippen LogP contribution in [-0.4, -0.2) is 22.5 Å². The van der Waals surface area contributed by atoms with Gasteiger partial charge in [0.05, 0.1) is 18.1 Å². The Hall–Kier alpha value is -2.52. The lowest BCUT2D eigenvalue weighted by Gasteiger charge is -2.06. The number of benzene rings is 1. The molecule has 0 amide bonds. The number of rotatable bonds is 4. The molecule has 0 aliphatic carbocycles. The van der Waals surface area contributed by atoms with E-state index in [1.54, 1.807) is 30.6 Å². The molecule has 0 saturated heterocycles. The van der Waals surface area contributed by atoms with Crippen LogP contribution in [0.1, 0.15) is 11.3 Å². The molecule has 2 aromatic rings. The quantitative estimate of drug-likeness (QED) is 0.874. The summed E-state index contributed by atoms with van der Waals surface area (Å²) in [6, 6.07) is 6.97. The van der Waals surface area contributed by atoms with Crippen molar-refractivity contribution >= 4 is 23.8 Å². The van der Waals surface area contributed by atoms with Crippen molar-refractivity contribution in [1.29, 1.82) is 5.26 Å². The van der Waals surface area contributed by atoms with Gasteiger partial charge in [0.25, 0.3) is 0 Å². The average molecular weight is 290 g/mol. The zero-order chi connectivity index (χ0) is 14.5. The maximum atomic E-state index is 8.56. The number of nitriles is 1. The summed E-state index contributed by atoms with van der Waals surface area (Å²) in [5.41, 5.74) is 7.11. The molecule has 0 aliphatic heterocycles. The predicted octanol–water partition coefficient (Wildman–Crippen LogP) is 2.21. The fourth-order valence-corrected chi connectivity index (χ4v) is 1.76. The van der Waals surface area contributed by atoms with Crippen molar-refractivity contribution in [2.24, 2.45) is 5.10 Å². The van der Waals surface area contributed by atoms with Gasteiger partial charge in [0.2, 0.25) is 5.95 Å². The minimum Gasteiger partial charge on any atom is -0.478 e. The Morgan fingerprint density at radius 1 is 1.60 bits per heavy atom. The minimum absolute atomic E-state index is 0.0468. The predicted molar refractivity (Wildman–Crippen MR) is 76.9 cm³/mol. The highest BCUT2D eigenvalue weighted by Gasteiger charge is 2.04. The van der Waals surface area contributed by atoms with E-state index >= 15 is 0 Å². The molecule has 0 aliphatic rings. The Morgan fingerprint density at radius 2 is 2.40 bits per heavy atom. The van der Waals surface area contributed by atoms with Crippen molar-refractivity contribution in [3.05, 3.63) is 40.7 Å². The van der Waals surface area contributed by atoms with Gasteiger partial charge in [0.15, 0.2) is 6.61 Å². The first-order valence-corrected chi connectivity index (χ1v) is 6.13. The molecule has 0 saturated carbocycles. The second-order valence-electron chi connectivity index (χ2n) is 3.96. The number of aromatic nitrogens is 2. The van der Waals surface area contributed by atoms with Gasteiger partial charge in [-0.25, -0.2) is 9.66 Å². The van der Waals surface area contributed by atoms with Gasteiger partial charge in [0.1, 0.15) is 11.8 Å². The Morgan fingerprint density at radius 3 is 3.05 bits per heavy atom. The number of halogens is 1. The molecule has 0 radical (unpaired) electrons. The Labute approximate surface area is 121 Å². The molecule has 0 spiro atoms. The number of nitrogen functional groups attached to an aromatic ring is 1. The fraction of sp³-hybridized carbons (Fsp3) is 0.154. The summed E-state index contributed by atoms with van der Waals surface area (Å²) >= 11 is 5.94. The Bertz CT molecular complexity index is 687. The summed E-state index contributed by atoms with van der Waals surface area (Å²) in [6.07, 6.45) is 3.25.